The summed E-state index contributed by atoms with van der Waals surface area (Å²) >= 11 is 3.34. The molecule has 28 heavy (non-hydrogen) atoms. The number of fused-ring (bicyclic) bond motifs is 1. The molecule has 9 heteroatoms. The molecule has 2 rings (SSSR count). The highest BCUT2D eigenvalue weighted by atomic mass is 79.9. The molecule has 0 saturated carbocycles. The van der Waals surface area contributed by atoms with Crippen molar-refractivity contribution in [1.29, 1.82) is 0 Å². The average Bonchev–Trinajstić information content (AvgIpc) is 2.48. The van der Waals surface area contributed by atoms with Crippen LogP contribution in [-0.2, 0) is 25.5 Å². The molecule has 0 bridgehead atoms. The Morgan fingerprint density at radius 3 is 2.29 bits per heavy atom. The van der Waals surface area contributed by atoms with Gasteiger partial charge in [0.15, 0.2) is 0 Å². The monoisotopic (exact) mass is 456 g/mol. The van der Waals surface area contributed by atoms with Crippen molar-refractivity contribution >= 4 is 39.8 Å². The fourth-order valence-corrected chi connectivity index (χ4v) is 2.82. The Labute approximate surface area is 172 Å². The molecule has 1 aliphatic heterocycles. The number of carbonyl (C=O) groups is 3. The number of amides is 2. The zero-order valence-corrected chi connectivity index (χ0v) is 18.4. The number of rotatable bonds is 2. The van der Waals surface area contributed by atoms with Gasteiger partial charge in [0.25, 0.3) is 5.91 Å². The zero-order valence-electron chi connectivity index (χ0n) is 16.8. The molecule has 0 spiro atoms. The lowest BCUT2D eigenvalue weighted by molar-refractivity contribution is -0.128. The summed E-state index contributed by atoms with van der Waals surface area (Å²) in [7, 11) is 0. The number of ether oxygens (including phenoxy) is 2. The highest BCUT2D eigenvalue weighted by Gasteiger charge is 2.38. The first-order valence-corrected chi connectivity index (χ1v) is 9.57. The molecule has 2 amide bonds. The summed E-state index contributed by atoms with van der Waals surface area (Å²) in [5.41, 5.74) is -0.388. The normalized spacial score (nSPS) is 16.9. The van der Waals surface area contributed by atoms with Gasteiger partial charge in [0.05, 0.1) is 5.69 Å². The summed E-state index contributed by atoms with van der Waals surface area (Å²) in [6.45, 7) is 10.2. The van der Waals surface area contributed by atoms with Gasteiger partial charge >= 0.3 is 12.2 Å². The molecule has 0 aliphatic carbocycles. The van der Waals surface area contributed by atoms with Gasteiger partial charge in [-0.25, -0.2) is 9.59 Å². The van der Waals surface area contributed by atoms with Crippen LogP contribution in [0.2, 0.25) is 0 Å². The Balaban J connectivity index is 2.26. The highest BCUT2D eigenvalue weighted by Crippen LogP contribution is 2.31. The Bertz CT molecular complexity index is 782. The number of hydrogen-bond acceptors (Lipinski definition) is 6. The number of hydrogen-bond donors (Lipinski definition) is 1. The first-order chi connectivity index (χ1) is 12.7. The lowest BCUT2D eigenvalue weighted by atomic mass is 9.99. The highest BCUT2D eigenvalue weighted by molar-refractivity contribution is 9.10. The van der Waals surface area contributed by atoms with Gasteiger partial charge in [-0.3, -0.25) is 9.63 Å². The molecule has 0 radical (unpaired) electrons. The van der Waals surface area contributed by atoms with Crippen molar-refractivity contribution in [2.24, 2.45) is 0 Å². The van der Waals surface area contributed by atoms with Crippen molar-refractivity contribution in [2.75, 3.05) is 5.06 Å². The van der Waals surface area contributed by atoms with Crippen LogP contribution in [-0.4, -0.2) is 35.4 Å². The zero-order chi connectivity index (χ0) is 21.3. The molecule has 1 aliphatic rings. The third-order valence-corrected chi connectivity index (χ3v) is 3.93. The van der Waals surface area contributed by atoms with Crippen LogP contribution < -0.4 is 10.4 Å². The molecule has 1 aromatic carbocycles. The number of benzene rings is 1. The quantitative estimate of drug-likeness (QED) is 0.673. The van der Waals surface area contributed by atoms with Crippen LogP contribution >= 0.6 is 15.9 Å². The fraction of sp³-hybridized carbons (Fsp3) is 0.526. The van der Waals surface area contributed by atoms with Gasteiger partial charge in [-0.2, -0.15) is 0 Å². The van der Waals surface area contributed by atoms with E-state index in [4.69, 9.17) is 14.3 Å². The lowest BCUT2D eigenvalue weighted by Crippen LogP contribution is -2.54. The van der Waals surface area contributed by atoms with E-state index in [1.165, 1.54) is 0 Å². The van der Waals surface area contributed by atoms with Crippen LogP contribution in [0.5, 0.6) is 0 Å². The summed E-state index contributed by atoms with van der Waals surface area (Å²) in [5, 5.41) is 3.38. The molecule has 0 fully saturated rings. The van der Waals surface area contributed by atoms with Crippen LogP contribution in [0, 0.1) is 0 Å². The van der Waals surface area contributed by atoms with E-state index in [1.54, 1.807) is 59.7 Å². The smallest absolute Gasteiger partial charge is 0.444 e. The summed E-state index contributed by atoms with van der Waals surface area (Å²) in [4.78, 5) is 42.3. The Kier molecular flexibility index (Phi) is 6.27. The standard InChI is InChI=1S/C19H25BrN2O6/c1-18(2,3)26-16(24)21-13-9-11-7-8-12(20)10-14(11)22(15(13)23)28-17(25)27-19(4,5)6/h7-8,10,13H,9H2,1-6H3,(H,21,24)/t13-/m1/s1. The van der Waals surface area contributed by atoms with E-state index in [-0.39, 0.29) is 6.42 Å². The number of nitrogens with zero attached hydrogens (tertiary/aromatic N) is 1. The maximum Gasteiger partial charge on any atom is 0.534 e. The number of anilines is 1. The summed E-state index contributed by atoms with van der Waals surface area (Å²) in [5.74, 6) is -0.609. The van der Waals surface area contributed by atoms with E-state index in [9.17, 15) is 14.4 Å². The van der Waals surface area contributed by atoms with Gasteiger partial charge in [0.2, 0.25) is 0 Å². The van der Waals surface area contributed by atoms with Crippen molar-refractivity contribution in [2.45, 2.75) is 65.2 Å². The van der Waals surface area contributed by atoms with E-state index < -0.39 is 35.4 Å². The molecule has 0 saturated heterocycles. The molecular weight excluding hydrogens is 432 g/mol. The third-order valence-electron chi connectivity index (χ3n) is 3.43. The second-order valence-corrected chi connectivity index (χ2v) is 9.28. The molecule has 154 valence electrons. The molecule has 1 atom stereocenters. The Hall–Kier alpha value is -2.29. The first kappa shape index (κ1) is 22.0. The fourth-order valence-electron chi connectivity index (χ4n) is 2.47. The number of halogens is 1. The maximum atomic E-state index is 12.9. The third kappa shape index (κ3) is 6.12. The molecule has 8 nitrogen and oxygen atoms in total. The van der Waals surface area contributed by atoms with E-state index in [2.05, 4.69) is 21.2 Å². The van der Waals surface area contributed by atoms with Crippen LogP contribution in [0.4, 0.5) is 15.3 Å². The van der Waals surface area contributed by atoms with Crippen LogP contribution in [0.25, 0.3) is 0 Å². The van der Waals surface area contributed by atoms with Crippen molar-refractivity contribution in [3.05, 3.63) is 28.2 Å². The molecular formula is C19H25BrN2O6. The van der Waals surface area contributed by atoms with Gasteiger partial charge in [0, 0.05) is 10.9 Å². The molecule has 0 unspecified atom stereocenters. The van der Waals surface area contributed by atoms with Gasteiger partial charge in [0.1, 0.15) is 17.2 Å². The van der Waals surface area contributed by atoms with Crippen molar-refractivity contribution in [3.8, 4) is 0 Å². The van der Waals surface area contributed by atoms with Crippen molar-refractivity contribution in [1.82, 2.24) is 5.32 Å². The molecule has 1 N–H and O–H groups in total. The van der Waals surface area contributed by atoms with Gasteiger partial charge in [-0.05, 0) is 59.2 Å². The maximum absolute atomic E-state index is 12.9. The number of alkyl carbamates (subject to hydrolysis) is 1. The second-order valence-electron chi connectivity index (χ2n) is 8.36. The van der Waals surface area contributed by atoms with E-state index in [1.807, 2.05) is 0 Å². The minimum Gasteiger partial charge on any atom is -0.444 e. The predicted octanol–water partition coefficient (Wildman–Crippen LogP) is 4.10. The summed E-state index contributed by atoms with van der Waals surface area (Å²) in [6.07, 6.45) is -1.53. The van der Waals surface area contributed by atoms with E-state index in [0.717, 1.165) is 5.06 Å². The minimum absolute atomic E-state index is 0.231. The number of hydroxylamine groups is 1. The minimum atomic E-state index is -1.02. The first-order valence-electron chi connectivity index (χ1n) is 8.78. The topological polar surface area (TPSA) is 94.2 Å². The predicted molar refractivity (Wildman–Crippen MR) is 106 cm³/mol. The number of nitrogens with one attached hydrogen (secondary N) is 1. The summed E-state index contributed by atoms with van der Waals surface area (Å²) in [6, 6.07) is 4.28. The van der Waals surface area contributed by atoms with Crippen LogP contribution in [0.3, 0.4) is 0 Å². The summed E-state index contributed by atoms with van der Waals surface area (Å²) < 4.78 is 11.1. The van der Waals surface area contributed by atoms with Gasteiger partial charge < -0.3 is 14.8 Å². The average molecular weight is 457 g/mol. The van der Waals surface area contributed by atoms with Gasteiger partial charge in [-0.15, -0.1) is 5.06 Å². The van der Waals surface area contributed by atoms with Crippen LogP contribution in [0.1, 0.15) is 47.1 Å². The van der Waals surface area contributed by atoms with Crippen LogP contribution in [0.15, 0.2) is 22.7 Å². The van der Waals surface area contributed by atoms with E-state index in [0.29, 0.717) is 15.7 Å². The SMILES string of the molecule is CC(C)(C)OC(=O)N[C@@H]1Cc2ccc(Br)cc2N(OC(=O)OC(C)(C)C)C1=O. The second kappa shape index (κ2) is 7.98. The van der Waals surface area contributed by atoms with Crippen molar-refractivity contribution in [3.63, 3.8) is 0 Å². The molecule has 1 heterocycles. The molecule has 0 aromatic heterocycles. The largest absolute Gasteiger partial charge is 0.534 e. The molecule has 1 aromatic rings. The Morgan fingerprint density at radius 2 is 1.71 bits per heavy atom. The van der Waals surface area contributed by atoms with E-state index >= 15 is 0 Å². The Morgan fingerprint density at radius 1 is 1.11 bits per heavy atom. The lowest BCUT2D eigenvalue weighted by Gasteiger charge is -2.33. The van der Waals surface area contributed by atoms with Gasteiger partial charge in [-0.1, -0.05) is 22.0 Å². The number of carbonyl (C=O) groups excluding carboxylic acids is 3. The van der Waals surface area contributed by atoms with Crippen molar-refractivity contribution < 1.29 is 28.7 Å².